The first kappa shape index (κ1) is 19.8. The Kier molecular flexibility index (Phi) is 5.30. The zero-order valence-corrected chi connectivity index (χ0v) is 18.1. The molecule has 1 aliphatic carbocycles. The molecule has 0 bridgehead atoms. The SMILES string of the molecule is CC(C)(C)c1csc(NC(=O)C2(C(c3ccccc3)c3ccccc3)CCC2)n1. The van der Waals surface area contributed by atoms with Gasteiger partial charge >= 0.3 is 0 Å². The average molecular weight is 405 g/mol. The highest BCUT2D eigenvalue weighted by atomic mass is 32.1. The van der Waals surface area contributed by atoms with Crippen molar-refractivity contribution in [2.75, 3.05) is 5.32 Å². The van der Waals surface area contributed by atoms with Crippen LogP contribution in [0.25, 0.3) is 0 Å². The number of nitrogens with zero attached hydrogens (tertiary/aromatic N) is 1. The minimum Gasteiger partial charge on any atom is -0.301 e. The van der Waals surface area contributed by atoms with Gasteiger partial charge in [-0.1, -0.05) is 87.9 Å². The smallest absolute Gasteiger partial charge is 0.233 e. The van der Waals surface area contributed by atoms with Gasteiger partial charge in [0.2, 0.25) is 5.91 Å². The van der Waals surface area contributed by atoms with Gasteiger partial charge in [0.1, 0.15) is 0 Å². The number of thiazole rings is 1. The van der Waals surface area contributed by atoms with Gasteiger partial charge in [-0.15, -0.1) is 11.3 Å². The molecule has 4 rings (SSSR count). The molecule has 0 aliphatic heterocycles. The second kappa shape index (κ2) is 7.75. The molecule has 3 nitrogen and oxygen atoms in total. The lowest BCUT2D eigenvalue weighted by Crippen LogP contribution is -2.47. The van der Waals surface area contributed by atoms with Crippen molar-refractivity contribution in [3.05, 3.63) is 82.9 Å². The highest BCUT2D eigenvalue weighted by Gasteiger charge is 2.51. The predicted molar refractivity (Wildman–Crippen MR) is 120 cm³/mol. The van der Waals surface area contributed by atoms with Crippen LogP contribution in [0, 0.1) is 5.41 Å². The maximum atomic E-state index is 13.6. The zero-order chi connectivity index (χ0) is 20.5. The van der Waals surface area contributed by atoms with Gasteiger partial charge in [0.15, 0.2) is 5.13 Å². The van der Waals surface area contributed by atoms with Crippen LogP contribution in [-0.2, 0) is 10.2 Å². The fourth-order valence-electron chi connectivity index (χ4n) is 4.22. The third kappa shape index (κ3) is 3.86. The number of carbonyl (C=O) groups excluding carboxylic acids is 1. The summed E-state index contributed by atoms with van der Waals surface area (Å²) in [4.78, 5) is 18.3. The molecule has 3 aromatic rings. The first-order chi connectivity index (χ1) is 13.9. The molecule has 0 spiro atoms. The van der Waals surface area contributed by atoms with E-state index in [9.17, 15) is 4.79 Å². The summed E-state index contributed by atoms with van der Waals surface area (Å²) in [6, 6.07) is 20.9. The molecule has 0 radical (unpaired) electrons. The van der Waals surface area contributed by atoms with Gasteiger partial charge in [-0.25, -0.2) is 4.98 Å². The van der Waals surface area contributed by atoms with Crippen molar-refractivity contribution in [1.29, 1.82) is 0 Å². The van der Waals surface area contributed by atoms with E-state index < -0.39 is 5.41 Å². The third-order valence-electron chi connectivity index (χ3n) is 6.01. The van der Waals surface area contributed by atoms with Crippen molar-refractivity contribution in [1.82, 2.24) is 4.98 Å². The van der Waals surface area contributed by atoms with E-state index >= 15 is 0 Å². The van der Waals surface area contributed by atoms with E-state index in [4.69, 9.17) is 0 Å². The Hall–Kier alpha value is -2.46. The number of nitrogens with one attached hydrogen (secondary N) is 1. The van der Waals surface area contributed by atoms with Gasteiger partial charge in [0.05, 0.1) is 11.1 Å². The van der Waals surface area contributed by atoms with Crippen LogP contribution in [0.2, 0.25) is 0 Å². The Bertz CT molecular complexity index is 929. The topological polar surface area (TPSA) is 42.0 Å². The molecule has 1 N–H and O–H groups in total. The van der Waals surface area contributed by atoms with Crippen molar-refractivity contribution < 1.29 is 4.79 Å². The number of carbonyl (C=O) groups is 1. The molecule has 29 heavy (non-hydrogen) atoms. The summed E-state index contributed by atoms with van der Waals surface area (Å²) in [5.41, 5.74) is 2.95. The monoisotopic (exact) mass is 404 g/mol. The van der Waals surface area contributed by atoms with Crippen LogP contribution in [-0.4, -0.2) is 10.9 Å². The van der Waals surface area contributed by atoms with Crippen molar-refractivity contribution in [3.63, 3.8) is 0 Å². The Labute approximate surface area is 177 Å². The summed E-state index contributed by atoms with van der Waals surface area (Å²) in [5, 5.41) is 5.92. The Morgan fingerprint density at radius 1 is 1.00 bits per heavy atom. The number of benzene rings is 2. The maximum Gasteiger partial charge on any atom is 0.233 e. The fourth-order valence-corrected chi connectivity index (χ4v) is 5.16. The maximum absolute atomic E-state index is 13.6. The van der Waals surface area contributed by atoms with Crippen molar-refractivity contribution >= 4 is 22.4 Å². The van der Waals surface area contributed by atoms with E-state index in [0.717, 1.165) is 25.0 Å². The molecule has 1 fully saturated rings. The van der Waals surface area contributed by atoms with Gasteiger partial charge in [0.25, 0.3) is 0 Å². The molecule has 1 aromatic heterocycles. The molecule has 2 aromatic carbocycles. The molecule has 150 valence electrons. The van der Waals surface area contributed by atoms with Crippen LogP contribution < -0.4 is 5.32 Å². The van der Waals surface area contributed by atoms with Crippen molar-refractivity contribution in [3.8, 4) is 0 Å². The lowest BCUT2D eigenvalue weighted by molar-refractivity contribution is -0.131. The van der Waals surface area contributed by atoms with Crippen LogP contribution in [0.3, 0.4) is 0 Å². The van der Waals surface area contributed by atoms with Gasteiger partial charge in [-0.3, -0.25) is 4.79 Å². The molecular weight excluding hydrogens is 376 g/mol. The lowest BCUT2D eigenvalue weighted by Gasteiger charge is -2.46. The first-order valence-corrected chi connectivity index (χ1v) is 11.2. The molecular formula is C25H28N2OS. The average Bonchev–Trinajstić information content (AvgIpc) is 3.15. The number of aromatic nitrogens is 1. The van der Waals surface area contributed by atoms with Crippen LogP contribution in [0.1, 0.15) is 62.8 Å². The Balaban J connectivity index is 1.68. The van der Waals surface area contributed by atoms with Gasteiger partial charge in [-0.2, -0.15) is 0 Å². The van der Waals surface area contributed by atoms with Crippen LogP contribution in [0.15, 0.2) is 66.0 Å². The van der Waals surface area contributed by atoms with E-state index in [1.54, 1.807) is 0 Å². The minimum absolute atomic E-state index is 0.0236. The highest BCUT2D eigenvalue weighted by molar-refractivity contribution is 7.14. The number of anilines is 1. The second-order valence-corrected chi connectivity index (χ2v) is 9.86. The summed E-state index contributed by atoms with van der Waals surface area (Å²) in [6.45, 7) is 6.42. The number of rotatable bonds is 5. The summed E-state index contributed by atoms with van der Waals surface area (Å²) >= 11 is 1.52. The number of hydrogen-bond donors (Lipinski definition) is 1. The lowest BCUT2D eigenvalue weighted by atomic mass is 9.57. The molecule has 0 atom stereocenters. The van der Waals surface area contributed by atoms with E-state index in [0.29, 0.717) is 5.13 Å². The first-order valence-electron chi connectivity index (χ1n) is 10.3. The molecule has 4 heteroatoms. The second-order valence-electron chi connectivity index (χ2n) is 9.01. The van der Waals surface area contributed by atoms with E-state index in [2.05, 4.69) is 85.0 Å². The van der Waals surface area contributed by atoms with Crippen LogP contribution >= 0.6 is 11.3 Å². The van der Waals surface area contributed by atoms with E-state index in [-0.39, 0.29) is 17.2 Å². The van der Waals surface area contributed by atoms with Gasteiger partial charge in [0, 0.05) is 16.7 Å². The highest BCUT2D eigenvalue weighted by Crippen LogP contribution is 2.55. The molecule has 1 amide bonds. The largest absolute Gasteiger partial charge is 0.301 e. The predicted octanol–water partition coefficient (Wildman–Crippen LogP) is 6.38. The molecule has 1 heterocycles. The zero-order valence-electron chi connectivity index (χ0n) is 17.3. The van der Waals surface area contributed by atoms with Crippen LogP contribution in [0.5, 0.6) is 0 Å². The summed E-state index contributed by atoms with van der Waals surface area (Å²) in [6.07, 6.45) is 2.87. The van der Waals surface area contributed by atoms with Crippen molar-refractivity contribution in [2.45, 2.75) is 51.4 Å². The molecule has 1 saturated carbocycles. The number of hydrogen-bond acceptors (Lipinski definition) is 3. The minimum atomic E-state index is -0.434. The quantitative estimate of drug-likeness (QED) is 0.536. The number of amides is 1. The summed E-state index contributed by atoms with van der Waals surface area (Å²) in [5.74, 6) is 0.136. The summed E-state index contributed by atoms with van der Waals surface area (Å²) < 4.78 is 0. The van der Waals surface area contributed by atoms with Crippen LogP contribution in [0.4, 0.5) is 5.13 Å². The summed E-state index contributed by atoms with van der Waals surface area (Å²) in [7, 11) is 0. The van der Waals surface area contributed by atoms with Gasteiger partial charge in [-0.05, 0) is 24.0 Å². The molecule has 1 aliphatic rings. The van der Waals surface area contributed by atoms with E-state index in [1.807, 2.05) is 12.1 Å². The van der Waals surface area contributed by atoms with Crippen molar-refractivity contribution in [2.24, 2.45) is 5.41 Å². The Morgan fingerprint density at radius 2 is 1.55 bits per heavy atom. The molecule has 0 unspecified atom stereocenters. The van der Waals surface area contributed by atoms with E-state index in [1.165, 1.54) is 22.5 Å². The Morgan fingerprint density at radius 3 is 1.97 bits per heavy atom. The molecule has 0 saturated heterocycles. The standard InChI is InChI=1S/C25H28N2OS/c1-24(2,3)20-17-29-23(26-20)27-22(28)25(15-10-16-25)21(18-11-6-4-7-12-18)19-13-8-5-9-14-19/h4-9,11-14,17,21H,10,15-16H2,1-3H3,(H,26,27,28). The normalized spacial score (nSPS) is 15.7. The third-order valence-corrected chi connectivity index (χ3v) is 6.77. The van der Waals surface area contributed by atoms with Gasteiger partial charge < -0.3 is 5.32 Å². The fraction of sp³-hybridized carbons (Fsp3) is 0.360.